The van der Waals surface area contributed by atoms with E-state index < -0.39 is 42.1 Å². The lowest BCUT2D eigenvalue weighted by atomic mass is 9.78. The number of aromatic nitrogens is 6. The summed E-state index contributed by atoms with van der Waals surface area (Å²) in [7, 11) is -7.24. The minimum absolute atomic E-state index is 0.00445. The first-order valence-electron chi connectivity index (χ1n) is 25.9. The van der Waals surface area contributed by atoms with Crippen molar-refractivity contribution in [2.75, 3.05) is 37.8 Å². The maximum atomic E-state index is 12.9. The number of anilines is 2. The average molecular weight is 1170 g/mol. The van der Waals surface area contributed by atoms with Crippen LogP contribution in [0.2, 0.25) is 0 Å². The molecule has 0 aliphatic carbocycles. The Hall–Kier alpha value is -8.20. The zero-order chi connectivity index (χ0) is 60.9. The second-order valence-corrected chi connectivity index (χ2v) is 26.2. The summed E-state index contributed by atoms with van der Waals surface area (Å²) in [4.78, 5) is 44.7. The van der Waals surface area contributed by atoms with Gasteiger partial charge in [-0.2, -0.15) is 26.8 Å². The number of aromatic hydroxyl groups is 2. The van der Waals surface area contributed by atoms with Crippen molar-refractivity contribution in [3.05, 3.63) is 128 Å². The molecule has 26 heteroatoms. The second kappa shape index (κ2) is 24.5. The third kappa shape index (κ3) is 16.7. The quantitative estimate of drug-likeness (QED) is 0.0215. The Labute approximate surface area is 476 Å². The number of rotatable bonds is 14. The van der Waals surface area contributed by atoms with Crippen LogP contribution in [0, 0.1) is 0 Å². The summed E-state index contributed by atoms with van der Waals surface area (Å²) in [6.45, 7) is 24.7. The zero-order valence-corrected chi connectivity index (χ0v) is 50.1. The lowest BCUT2D eigenvalue weighted by molar-refractivity contribution is 0.422. The van der Waals surface area contributed by atoms with Crippen molar-refractivity contribution in [3.8, 4) is 11.5 Å². The highest BCUT2D eigenvalue weighted by molar-refractivity contribution is 7.86. The number of H-pyrrole nitrogens is 4. The molecule has 4 aromatic carbocycles. The van der Waals surface area contributed by atoms with Crippen molar-refractivity contribution in [2.24, 2.45) is 30.0 Å². The number of nitrogens with one attached hydrogen (secondary N) is 6. The van der Waals surface area contributed by atoms with Gasteiger partial charge in [-0.1, -0.05) is 132 Å². The van der Waals surface area contributed by atoms with E-state index in [1.54, 1.807) is 0 Å². The molecular weight excluding hydrogens is 1090 g/mol. The van der Waals surface area contributed by atoms with Crippen molar-refractivity contribution in [3.63, 3.8) is 0 Å². The molecule has 6 aromatic rings. The fourth-order valence-electron chi connectivity index (χ4n) is 8.42. The number of nitrogens with zero attached hydrogens (tertiary/aromatic N) is 8. The van der Waals surface area contributed by atoms with Crippen molar-refractivity contribution >= 4 is 67.7 Å². The second-order valence-electron chi connectivity index (χ2n) is 23.4. The summed E-state index contributed by atoms with van der Waals surface area (Å²) in [6.07, 6.45) is 3.36. The normalized spacial score (nSPS) is 14.3. The van der Waals surface area contributed by atoms with Crippen LogP contribution in [0.5, 0.6) is 11.5 Å². The summed E-state index contributed by atoms with van der Waals surface area (Å²) < 4.78 is 72.5. The molecule has 440 valence electrons. The van der Waals surface area contributed by atoms with Gasteiger partial charge >= 0.3 is 0 Å². The van der Waals surface area contributed by atoms with E-state index >= 15 is 0 Å². The first kappa shape index (κ1) is 63.0. The van der Waals surface area contributed by atoms with Crippen LogP contribution in [0.25, 0.3) is 12.2 Å². The highest BCUT2D eigenvalue weighted by atomic mass is 32.2. The Morgan fingerprint density at radius 1 is 0.524 bits per heavy atom. The van der Waals surface area contributed by atoms with Gasteiger partial charge in [-0.3, -0.25) is 49.7 Å². The number of amidine groups is 2. The van der Waals surface area contributed by atoms with Crippen LogP contribution in [-0.4, -0.2) is 115 Å². The predicted molar refractivity (Wildman–Crippen MR) is 316 cm³/mol. The van der Waals surface area contributed by atoms with Gasteiger partial charge in [0.15, 0.2) is 0 Å². The molecule has 0 amide bonds. The Kier molecular flexibility index (Phi) is 18.8. The van der Waals surface area contributed by atoms with Crippen LogP contribution >= 0.6 is 0 Å². The molecule has 0 fully saturated rings. The molecule has 0 aliphatic rings. The van der Waals surface area contributed by atoms with E-state index in [9.17, 15) is 46.4 Å². The molecule has 82 heavy (non-hydrogen) atoms. The molecular formula is C56H74N14O10S2. The van der Waals surface area contributed by atoms with Crippen LogP contribution in [0.4, 0.5) is 23.3 Å². The molecule has 0 radical (unpaired) electrons. The molecule has 0 aliphatic heterocycles. The largest absolute Gasteiger partial charge is 0.507 e. The Bertz CT molecular complexity index is 3680. The predicted octanol–water partition coefficient (Wildman–Crippen LogP) is 7.72. The van der Waals surface area contributed by atoms with Crippen molar-refractivity contribution < 1.29 is 46.4 Å². The van der Waals surface area contributed by atoms with Gasteiger partial charge in [0.25, 0.3) is 32.3 Å². The topological polar surface area (TPSA) is 377 Å². The Balaban J connectivity index is 1.35. The minimum Gasteiger partial charge on any atom is -0.507 e. The van der Waals surface area contributed by atoms with Crippen LogP contribution < -0.4 is 33.1 Å². The standard InChI is InChI=1S/C56H74N14O10S2/c1-53(2,3)37-25-31(26-38(43(37)71)54(4,5)6)21-23-59-45-63-47(67-49(65-45)69-51(73)57-13)61-35-19-17-33(41(29-35)81(75,76)77)15-16-34-18-20-36(30-42(34)82(78,79)80)62-48-64-46(66-50(68-48)70-52(74)58-14)60-24-22-32-27-39(55(7,8)9)44(72)40(28-32)56(10,11)12/h15-20,25-30,71-72H,21-24H2,1-14H3,(H,75,76,77)(H,78,79,80)(H4,57,59,61,63,65,67,69,73)(H4,58,60,62,64,66,68,70,74)/b16-15+. The molecule has 2 aromatic heterocycles. The smallest absolute Gasteiger partial charge is 0.295 e. The molecule has 0 unspecified atom stereocenters. The maximum absolute atomic E-state index is 12.9. The highest BCUT2D eigenvalue weighted by Crippen LogP contribution is 2.41. The molecule has 2 heterocycles. The highest BCUT2D eigenvalue weighted by Gasteiger charge is 2.28. The van der Waals surface area contributed by atoms with Gasteiger partial charge in [0.2, 0.25) is 34.4 Å². The molecule has 0 saturated carbocycles. The fourth-order valence-corrected chi connectivity index (χ4v) is 9.82. The number of benzene rings is 4. The third-order valence-electron chi connectivity index (χ3n) is 12.6. The van der Waals surface area contributed by atoms with Gasteiger partial charge in [-0.25, -0.2) is 20.0 Å². The van der Waals surface area contributed by atoms with Crippen molar-refractivity contribution in [1.29, 1.82) is 0 Å². The lowest BCUT2D eigenvalue weighted by Crippen LogP contribution is -2.30. The molecule has 24 nitrogen and oxygen atoms in total. The van der Waals surface area contributed by atoms with Crippen LogP contribution in [-0.2, 0) is 54.7 Å². The number of phenolic OH excluding ortho intramolecular Hbond substituents is 2. The number of hydrogen-bond acceptors (Lipinski definition) is 14. The van der Waals surface area contributed by atoms with E-state index in [4.69, 9.17) is 0 Å². The van der Waals surface area contributed by atoms with Crippen LogP contribution in [0.15, 0.2) is 100 Å². The zero-order valence-electron chi connectivity index (χ0n) is 48.5. The van der Waals surface area contributed by atoms with E-state index in [-0.39, 0.29) is 103 Å². The third-order valence-corrected chi connectivity index (χ3v) is 14.4. The number of aliphatic hydroxyl groups is 2. The first-order chi connectivity index (χ1) is 37.9. The summed E-state index contributed by atoms with van der Waals surface area (Å²) in [5.41, 5.74) is 3.58. The van der Waals surface area contributed by atoms with Crippen LogP contribution in [0.3, 0.4) is 0 Å². The van der Waals surface area contributed by atoms with E-state index in [1.807, 2.05) is 107 Å². The number of hydrogen-bond donors (Lipinski definition) is 12. The average Bonchev–Trinajstić information content (AvgIpc) is 3.53. The van der Waals surface area contributed by atoms with Gasteiger partial charge in [0.1, 0.15) is 21.3 Å². The monoisotopic (exact) mass is 1170 g/mol. The summed E-state index contributed by atoms with van der Waals surface area (Å²) in [6, 6.07) is 14.4. The fraction of sp³-hybridized carbons (Fsp3) is 0.393. The Morgan fingerprint density at radius 2 is 0.841 bits per heavy atom. The number of phenols is 2. The summed E-state index contributed by atoms with van der Waals surface area (Å²) in [5, 5.41) is 48.0. The van der Waals surface area contributed by atoms with Crippen LogP contribution in [0.1, 0.15) is 128 Å². The van der Waals surface area contributed by atoms with E-state index in [2.05, 4.69) is 70.5 Å². The molecule has 0 bridgehead atoms. The van der Waals surface area contributed by atoms with E-state index in [0.29, 0.717) is 12.8 Å². The van der Waals surface area contributed by atoms with Gasteiger partial charge in [0.05, 0.1) is 11.4 Å². The number of aromatic amines is 4. The Morgan fingerprint density at radius 3 is 1.12 bits per heavy atom. The number of aliphatic imine (C=N–C) groups is 2. The summed E-state index contributed by atoms with van der Waals surface area (Å²) >= 11 is 0. The van der Waals surface area contributed by atoms with E-state index in [0.717, 1.165) is 45.5 Å². The maximum Gasteiger partial charge on any atom is 0.295 e. The van der Waals surface area contributed by atoms with Crippen molar-refractivity contribution in [2.45, 2.75) is 127 Å². The van der Waals surface area contributed by atoms with Gasteiger partial charge < -0.3 is 20.4 Å². The number of aliphatic hydroxyl groups excluding tert-OH is 2. The molecule has 12 N–H and O–H groups in total. The minimum atomic E-state index is -4.97. The van der Waals surface area contributed by atoms with Crippen molar-refractivity contribution in [1.82, 2.24) is 29.9 Å². The molecule has 0 spiro atoms. The lowest BCUT2D eigenvalue weighted by Gasteiger charge is -2.28. The van der Waals surface area contributed by atoms with Gasteiger partial charge in [0, 0.05) is 27.2 Å². The summed E-state index contributed by atoms with van der Waals surface area (Å²) in [5.74, 6) is 0.423. The van der Waals surface area contributed by atoms with Gasteiger partial charge in [-0.15, -0.1) is 0 Å². The molecule has 6 rings (SSSR count). The van der Waals surface area contributed by atoms with E-state index in [1.165, 1.54) is 50.5 Å². The first-order valence-corrected chi connectivity index (χ1v) is 28.8. The van der Waals surface area contributed by atoms with Gasteiger partial charge in [-0.05, 0) is 103 Å². The molecule has 0 atom stereocenters. The SMILES string of the molecule is CN=C(O)Nc1nc(=NCCc2cc(C(C)(C)C)c(O)c(C(C)(C)C)c2)[nH]c(=Nc2ccc(/C=C/c3ccc(N=c4[nH]c(NC(O)=NC)nc(=NCCc5cc(C(C)(C)C)c(O)c(C(C)(C)C)c5)[nH]4)cc3S(=O)(=O)O)c(S(=O)(=O)O)c2)[nH]1. The molecule has 0 saturated heterocycles.